The largest absolute Gasteiger partial charge is 0.298 e. The zero-order chi connectivity index (χ0) is 10.8. The number of rotatable bonds is 2. The van der Waals surface area contributed by atoms with E-state index in [1.54, 1.807) is 0 Å². The Balaban J connectivity index is 2.40. The summed E-state index contributed by atoms with van der Waals surface area (Å²) in [5.74, 6) is -1.72. The molecule has 2 rings (SSSR count). The van der Waals surface area contributed by atoms with E-state index >= 15 is 0 Å². The third-order valence-electron chi connectivity index (χ3n) is 3.06. The molecule has 1 fully saturated rings. The molecule has 0 N–H and O–H groups in total. The molecule has 1 aromatic rings. The number of halogens is 2. The lowest BCUT2D eigenvalue weighted by molar-refractivity contribution is 0.111. The third-order valence-corrected chi connectivity index (χ3v) is 3.06. The summed E-state index contributed by atoms with van der Waals surface area (Å²) in [5, 5.41) is 0. The molecule has 0 unspecified atom stereocenters. The summed E-state index contributed by atoms with van der Waals surface area (Å²) in [5.41, 5.74) is 0.227. The van der Waals surface area contributed by atoms with Crippen LogP contribution in [0.15, 0.2) is 12.1 Å². The number of hydrogen-bond donors (Lipinski definition) is 0. The molecule has 1 saturated carbocycles. The topological polar surface area (TPSA) is 17.1 Å². The second-order valence-electron chi connectivity index (χ2n) is 3.97. The number of benzene rings is 1. The molecule has 1 aromatic carbocycles. The Bertz CT molecular complexity index is 381. The Morgan fingerprint density at radius 3 is 2.40 bits per heavy atom. The molecule has 1 aliphatic rings. The molecule has 1 aliphatic carbocycles. The van der Waals surface area contributed by atoms with E-state index in [9.17, 15) is 13.6 Å². The minimum atomic E-state index is -1.01. The van der Waals surface area contributed by atoms with Gasteiger partial charge in [-0.1, -0.05) is 18.9 Å². The quantitative estimate of drug-likeness (QED) is 0.683. The first kappa shape index (κ1) is 10.3. The van der Waals surface area contributed by atoms with Gasteiger partial charge in [0.1, 0.15) is 0 Å². The molecule has 1 nitrogen and oxygen atoms in total. The average Bonchev–Trinajstić information content (AvgIpc) is 2.75. The number of aldehydes is 1. The summed E-state index contributed by atoms with van der Waals surface area (Å²) in [4.78, 5) is 10.4. The summed E-state index contributed by atoms with van der Waals surface area (Å²) >= 11 is 0. The van der Waals surface area contributed by atoms with E-state index in [1.807, 2.05) is 0 Å². The number of carbonyl (C=O) groups excluding carboxylic acids is 1. The van der Waals surface area contributed by atoms with E-state index in [-0.39, 0.29) is 11.5 Å². The van der Waals surface area contributed by atoms with Gasteiger partial charge in [-0.25, -0.2) is 8.78 Å². The predicted octanol–water partition coefficient (Wildman–Crippen LogP) is 3.43. The van der Waals surface area contributed by atoms with Gasteiger partial charge in [0.2, 0.25) is 0 Å². The molecule has 0 heterocycles. The molecule has 3 heteroatoms. The molecule has 0 aliphatic heterocycles. The van der Waals surface area contributed by atoms with Crippen LogP contribution in [0.3, 0.4) is 0 Å². The van der Waals surface area contributed by atoms with Gasteiger partial charge in [0.15, 0.2) is 17.9 Å². The maximum Gasteiger partial charge on any atom is 0.169 e. The van der Waals surface area contributed by atoms with Crippen molar-refractivity contribution in [3.63, 3.8) is 0 Å². The van der Waals surface area contributed by atoms with E-state index in [2.05, 4.69) is 0 Å². The van der Waals surface area contributed by atoms with Crippen LogP contribution in [0, 0.1) is 11.6 Å². The standard InChI is InChI=1S/C12H12F2O/c13-11-9(7-15)5-6-10(12(11)14)8-3-1-2-4-8/h5-8H,1-4H2. The van der Waals surface area contributed by atoms with Crippen molar-refractivity contribution < 1.29 is 13.6 Å². The highest BCUT2D eigenvalue weighted by atomic mass is 19.2. The van der Waals surface area contributed by atoms with Crippen molar-refractivity contribution in [3.05, 3.63) is 34.9 Å². The normalized spacial score (nSPS) is 16.9. The van der Waals surface area contributed by atoms with Crippen molar-refractivity contribution in [2.45, 2.75) is 31.6 Å². The summed E-state index contributed by atoms with van der Waals surface area (Å²) in [6, 6.07) is 2.90. The fourth-order valence-electron chi connectivity index (χ4n) is 2.22. The highest BCUT2D eigenvalue weighted by Crippen LogP contribution is 2.36. The van der Waals surface area contributed by atoms with Crippen LogP contribution in [-0.2, 0) is 0 Å². The highest BCUT2D eigenvalue weighted by Gasteiger charge is 2.23. The zero-order valence-corrected chi connectivity index (χ0v) is 8.30. The van der Waals surface area contributed by atoms with Crippen LogP contribution in [0.1, 0.15) is 47.5 Å². The van der Waals surface area contributed by atoms with Gasteiger partial charge >= 0.3 is 0 Å². The molecule has 0 bridgehead atoms. The summed E-state index contributed by atoms with van der Waals surface area (Å²) in [6.45, 7) is 0. The van der Waals surface area contributed by atoms with Gasteiger partial charge in [0, 0.05) is 0 Å². The van der Waals surface area contributed by atoms with E-state index < -0.39 is 11.6 Å². The Kier molecular flexibility index (Phi) is 2.80. The van der Waals surface area contributed by atoms with Gasteiger partial charge in [0.25, 0.3) is 0 Å². The number of carbonyl (C=O) groups is 1. The van der Waals surface area contributed by atoms with Gasteiger partial charge in [-0.3, -0.25) is 4.79 Å². The molecule has 0 atom stereocenters. The monoisotopic (exact) mass is 210 g/mol. The van der Waals surface area contributed by atoms with Gasteiger partial charge in [-0.05, 0) is 30.4 Å². The van der Waals surface area contributed by atoms with E-state index in [4.69, 9.17) is 0 Å². The summed E-state index contributed by atoms with van der Waals surface area (Å²) < 4.78 is 26.9. The lowest BCUT2D eigenvalue weighted by Gasteiger charge is -2.11. The average molecular weight is 210 g/mol. The van der Waals surface area contributed by atoms with Crippen molar-refractivity contribution >= 4 is 6.29 Å². The van der Waals surface area contributed by atoms with Crippen LogP contribution < -0.4 is 0 Å². The van der Waals surface area contributed by atoms with Crippen molar-refractivity contribution in [1.29, 1.82) is 0 Å². The minimum Gasteiger partial charge on any atom is -0.298 e. The first-order valence-electron chi connectivity index (χ1n) is 5.17. The maximum absolute atomic E-state index is 13.6. The summed E-state index contributed by atoms with van der Waals surface area (Å²) in [7, 11) is 0. The second-order valence-corrected chi connectivity index (χ2v) is 3.97. The molecule has 0 radical (unpaired) electrons. The predicted molar refractivity (Wildman–Crippen MR) is 53.0 cm³/mol. The smallest absolute Gasteiger partial charge is 0.169 e. The second kappa shape index (κ2) is 4.09. The molecule has 0 amide bonds. The van der Waals surface area contributed by atoms with Crippen LogP contribution in [0.5, 0.6) is 0 Å². The summed E-state index contributed by atoms with van der Waals surface area (Å²) in [6.07, 6.45) is 4.31. The fraction of sp³-hybridized carbons (Fsp3) is 0.417. The maximum atomic E-state index is 13.6. The van der Waals surface area contributed by atoms with Crippen LogP contribution >= 0.6 is 0 Å². The Labute approximate surface area is 87.1 Å². The van der Waals surface area contributed by atoms with Gasteiger partial charge in [0.05, 0.1) is 5.56 Å². The van der Waals surface area contributed by atoms with Crippen LogP contribution in [0.4, 0.5) is 8.78 Å². The SMILES string of the molecule is O=Cc1ccc(C2CCCC2)c(F)c1F. The molecule has 80 valence electrons. The third kappa shape index (κ3) is 1.78. The molecule has 0 spiro atoms. The van der Waals surface area contributed by atoms with Crippen molar-refractivity contribution in [3.8, 4) is 0 Å². The molecular formula is C12H12F2O. The van der Waals surface area contributed by atoms with Crippen LogP contribution in [0.2, 0.25) is 0 Å². The Morgan fingerprint density at radius 1 is 1.13 bits per heavy atom. The molecule has 15 heavy (non-hydrogen) atoms. The molecule has 0 aromatic heterocycles. The van der Waals surface area contributed by atoms with E-state index in [0.717, 1.165) is 25.7 Å². The van der Waals surface area contributed by atoms with Crippen molar-refractivity contribution in [2.75, 3.05) is 0 Å². The van der Waals surface area contributed by atoms with Crippen molar-refractivity contribution in [2.24, 2.45) is 0 Å². The number of hydrogen-bond acceptors (Lipinski definition) is 1. The fourth-order valence-corrected chi connectivity index (χ4v) is 2.22. The zero-order valence-electron chi connectivity index (χ0n) is 8.30. The van der Waals surface area contributed by atoms with Crippen LogP contribution in [-0.4, -0.2) is 6.29 Å². The first-order valence-corrected chi connectivity index (χ1v) is 5.17. The minimum absolute atomic E-state index is 0.125. The van der Waals surface area contributed by atoms with E-state index in [0.29, 0.717) is 11.8 Å². The van der Waals surface area contributed by atoms with Gasteiger partial charge < -0.3 is 0 Å². The highest BCUT2D eigenvalue weighted by molar-refractivity contribution is 5.75. The van der Waals surface area contributed by atoms with Crippen molar-refractivity contribution in [1.82, 2.24) is 0 Å². The molecular weight excluding hydrogens is 198 g/mol. The van der Waals surface area contributed by atoms with Crippen LogP contribution in [0.25, 0.3) is 0 Å². The lowest BCUT2D eigenvalue weighted by atomic mass is 9.96. The van der Waals surface area contributed by atoms with Gasteiger partial charge in [-0.15, -0.1) is 0 Å². The first-order chi connectivity index (χ1) is 7.24. The Morgan fingerprint density at radius 2 is 1.80 bits per heavy atom. The Hall–Kier alpha value is -1.25. The molecule has 0 saturated heterocycles. The lowest BCUT2D eigenvalue weighted by Crippen LogP contribution is -2.02. The van der Waals surface area contributed by atoms with Gasteiger partial charge in [-0.2, -0.15) is 0 Å². The van der Waals surface area contributed by atoms with E-state index in [1.165, 1.54) is 12.1 Å².